The van der Waals surface area contributed by atoms with E-state index in [9.17, 15) is 4.79 Å². The first-order valence-corrected chi connectivity index (χ1v) is 6.41. The van der Waals surface area contributed by atoms with Gasteiger partial charge in [-0.2, -0.15) is 0 Å². The smallest absolute Gasteiger partial charge is 0.252 e. The summed E-state index contributed by atoms with van der Waals surface area (Å²) < 4.78 is 0. The average Bonchev–Trinajstić information content (AvgIpc) is 2.41. The predicted molar refractivity (Wildman–Crippen MR) is 76.2 cm³/mol. The van der Waals surface area contributed by atoms with Gasteiger partial charge in [0.1, 0.15) is 0 Å². The Morgan fingerprint density at radius 1 is 1.11 bits per heavy atom. The number of carbonyl (C=O) groups excluding carboxylic acids is 1. The molecule has 0 radical (unpaired) electrons. The van der Waals surface area contributed by atoms with Gasteiger partial charge in [0.2, 0.25) is 0 Å². The van der Waals surface area contributed by atoms with Crippen LogP contribution >= 0.6 is 0 Å². The molecular weight excluding hydrogens is 236 g/mol. The molecule has 1 aromatic heterocycles. The number of nitrogens with one attached hydrogen (secondary N) is 1. The molecule has 19 heavy (non-hydrogen) atoms. The third-order valence-electron chi connectivity index (χ3n) is 2.99. The van der Waals surface area contributed by atoms with Crippen LogP contribution in [0, 0.1) is 13.8 Å². The van der Waals surface area contributed by atoms with Gasteiger partial charge in [-0.15, -0.1) is 0 Å². The SMILES string of the molecule is Cc1ccc(CCNC(=O)c2ccc(C)nc2)cc1. The number of hydrogen-bond donors (Lipinski definition) is 1. The standard InChI is InChI=1S/C16H18N2O/c1-12-3-6-14(7-4-12)9-10-17-16(19)15-8-5-13(2)18-11-15/h3-8,11H,9-10H2,1-2H3,(H,17,19). The van der Waals surface area contributed by atoms with E-state index in [0.29, 0.717) is 12.1 Å². The molecule has 1 heterocycles. The Balaban J connectivity index is 1.84. The molecule has 1 N–H and O–H groups in total. The van der Waals surface area contributed by atoms with Crippen molar-refractivity contribution < 1.29 is 4.79 Å². The minimum Gasteiger partial charge on any atom is -0.352 e. The summed E-state index contributed by atoms with van der Waals surface area (Å²) in [6.07, 6.45) is 2.45. The lowest BCUT2D eigenvalue weighted by Crippen LogP contribution is -2.25. The summed E-state index contributed by atoms with van der Waals surface area (Å²) in [5.41, 5.74) is 4.00. The zero-order chi connectivity index (χ0) is 13.7. The number of pyridine rings is 1. The normalized spacial score (nSPS) is 10.2. The van der Waals surface area contributed by atoms with Crippen molar-refractivity contribution in [3.8, 4) is 0 Å². The van der Waals surface area contributed by atoms with Crippen LogP contribution in [0.15, 0.2) is 42.6 Å². The van der Waals surface area contributed by atoms with Crippen molar-refractivity contribution in [2.24, 2.45) is 0 Å². The summed E-state index contributed by atoms with van der Waals surface area (Å²) in [7, 11) is 0. The highest BCUT2D eigenvalue weighted by Crippen LogP contribution is 2.04. The van der Waals surface area contributed by atoms with E-state index in [1.54, 1.807) is 12.3 Å². The minimum absolute atomic E-state index is 0.0698. The molecule has 0 fully saturated rings. The highest BCUT2D eigenvalue weighted by atomic mass is 16.1. The van der Waals surface area contributed by atoms with Gasteiger partial charge in [-0.05, 0) is 38.0 Å². The van der Waals surface area contributed by atoms with Crippen molar-refractivity contribution in [2.45, 2.75) is 20.3 Å². The number of carbonyl (C=O) groups is 1. The zero-order valence-electron chi connectivity index (χ0n) is 11.3. The van der Waals surface area contributed by atoms with Gasteiger partial charge in [0.15, 0.2) is 0 Å². The van der Waals surface area contributed by atoms with Gasteiger partial charge in [0.05, 0.1) is 5.56 Å². The summed E-state index contributed by atoms with van der Waals surface area (Å²) >= 11 is 0. The second-order valence-electron chi connectivity index (χ2n) is 4.68. The fourth-order valence-electron chi connectivity index (χ4n) is 1.78. The van der Waals surface area contributed by atoms with Crippen LogP contribution in [0.1, 0.15) is 27.2 Å². The third-order valence-corrected chi connectivity index (χ3v) is 2.99. The lowest BCUT2D eigenvalue weighted by molar-refractivity contribution is 0.0954. The molecule has 0 aliphatic carbocycles. The second kappa shape index (κ2) is 6.14. The molecule has 0 saturated carbocycles. The van der Waals surface area contributed by atoms with Crippen molar-refractivity contribution in [3.63, 3.8) is 0 Å². The van der Waals surface area contributed by atoms with E-state index in [1.807, 2.05) is 13.0 Å². The van der Waals surface area contributed by atoms with Crippen molar-refractivity contribution >= 4 is 5.91 Å². The number of amides is 1. The molecule has 0 aliphatic heterocycles. The molecule has 0 spiro atoms. The third kappa shape index (κ3) is 3.91. The largest absolute Gasteiger partial charge is 0.352 e. The minimum atomic E-state index is -0.0698. The summed E-state index contributed by atoms with van der Waals surface area (Å²) in [5.74, 6) is -0.0698. The molecule has 0 saturated heterocycles. The highest BCUT2D eigenvalue weighted by molar-refractivity contribution is 5.93. The molecule has 0 bridgehead atoms. The number of benzene rings is 1. The topological polar surface area (TPSA) is 42.0 Å². The fraction of sp³-hybridized carbons (Fsp3) is 0.250. The molecule has 0 atom stereocenters. The first-order chi connectivity index (χ1) is 9.15. The maximum Gasteiger partial charge on any atom is 0.252 e. The molecular formula is C16H18N2O. The van der Waals surface area contributed by atoms with E-state index < -0.39 is 0 Å². The molecule has 0 aliphatic rings. The van der Waals surface area contributed by atoms with E-state index >= 15 is 0 Å². The second-order valence-corrected chi connectivity index (χ2v) is 4.68. The molecule has 3 heteroatoms. The number of aryl methyl sites for hydroxylation is 2. The van der Waals surface area contributed by atoms with E-state index in [2.05, 4.69) is 41.5 Å². The van der Waals surface area contributed by atoms with Gasteiger partial charge < -0.3 is 5.32 Å². The van der Waals surface area contributed by atoms with Gasteiger partial charge >= 0.3 is 0 Å². The van der Waals surface area contributed by atoms with E-state index in [4.69, 9.17) is 0 Å². The summed E-state index contributed by atoms with van der Waals surface area (Å²) in [4.78, 5) is 16.0. The van der Waals surface area contributed by atoms with Crippen LogP contribution in [0.5, 0.6) is 0 Å². The highest BCUT2D eigenvalue weighted by Gasteiger charge is 2.04. The Bertz CT molecular complexity index is 544. The molecule has 3 nitrogen and oxygen atoms in total. The molecule has 1 amide bonds. The molecule has 2 rings (SSSR count). The maximum atomic E-state index is 11.8. The lowest BCUT2D eigenvalue weighted by Gasteiger charge is -2.05. The Labute approximate surface area is 113 Å². The Hall–Kier alpha value is -2.16. The number of nitrogens with zero attached hydrogens (tertiary/aromatic N) is 1. The van der Waals surface area contributed by atoms with Crippen LogP contribution in [0.2, 0.25) is 0 Å². The van der Waals surface area contributed by atoms with Crippen LogP contribution in [-0.2, 0) is 6.42 Å². The molecule has 2 aromatic rings. The van der Waals surface area contributed by atoms with E-state index in [0.717, 1.165) is 12.1 Å². The summed E-state index contributed by atoms with van der Waals surface area (Å²) in [6, 6.07) is 12.0. The van der Waals surface area contributed by atoms with Crippen LogP contribution in [-0.4, -0.2) is 17.4 Å². The van der Waals surface area contributed by atoms with E-state index in [1.165, 1.54) is 11.1 Å². The molecule has 0 unspecified atom stereocenters. The Morgan fingerprint density at radius 2 is 1.84 bits per heavy atom. The monoisotopic (exact) mass is 254 g/mol. The first-order valence-electron chi connectivity index (χ1n) is 6.41. The van der Waals surface area contributed by atoms with Crippen LogP contribution in [0.3, 0.4) is 0 Å². The van der Waals surface area contributed by atoms with Crippen molar-refractivity contribution in [1.29, 1.82) is 0 Å². The first kappa shape index (κ1) is 13.3. The van der Waals surface area contributed by atoms with Crippen molar-refractivity contribution in [2.75, 3.05) is 6.54 Å². The zero-order valence-corrected chi connectivity index (χ0v) is 11.3. The summed E-state index contributed by atoms with van der Waals surface area (Å²) in [5, 5.41) is 2.90. The van der Waals surface area contributed by atoms with Gasteiger partial charge in [-0.25, -0.2) is 0 Å². The molecule has 1 aromatic carbocycles. The number of aromatic nitrogens is 1. The van der Waals surface area contributed by atoms with Crippen molar-refractivity contribution in [3.05, 3.63) is 65.0 Å². The Kier molecular flexibility index (Phi) is 4.29. The maximum absolute atomic E-state index is 11.8. The number of rotatable bonds is 4. The van der Waals surface area contributed by atoms with Gasteiger partial charge in [0, 0.05) is 18.4 Å². The summed E-state index contributed by atoms with van der Waals surface area (Å²) in [6.45, 7) is 4.60. The van der Waals surface area contributed by atoms with Crippen LogP contribution in [0.4, 0.5) is 0 Å². The van der Waals surface area contributed by atoms with Gasteiger partial charge in [0.25, 0.3) is 5.91 Å². The quantitative estimate of drug-likeness (QED) is 0.911. The van der Waals surface area contributed by atoms with Crippen LogP contribution in [0.25, 0.3) is 0 Å². The van der Waals surface area contributed by atoms with Gasteiger partial charge in [-0.1, -0.05) is 29.8 Å². The molecule has 98 valence electrons. The number of hydrogen-bond acceptors (Lipinski definition) is 2. The van der Waals surface area contributed by atoms with Crippen molar-refractivity contribution in [1.82, 2.24) is 10.3 Å². The lowest BCUT2D eigenvalue weighted by atomic mass is 10.1. The fourth-order valence-corrected chi connectivity index (χ4v) is 1.78. The van der Waals surface area contributed by atoms with Crippen LogP contribution < -0.4 is 5.32 Å². The average molecular weight is 254 g/mol. The van der Waals surface area contributed by atoms with E-state index in [-0.39, 0.29) is 5.91 Å². The van der Waals surface area contributed by atoms with Gasteiger partial charge in [-0.3, -0.25) is 9.78 Å². The predicted octanol–water partition coefficient (Wildman–Crippen LogP) is 2.67. The Morgan fingerprint density at radius 3 is 2.47 bits per heavy atom.